The van der Waals surface area contributed by atoms with E-state index in [0.29, 0.717) is 40.1 Å². The SMILES string of the molecule is COC(C(=O)O)C1NC(=O)C(C)NC(=O)C(CC(=O)O)NC(=O)C(C)NC(=O)CN(C)C(=O)C(NC(=O)C(NC(=O)C(CCC(=O)O)NC(=O)C(Cc2c[nH]c3ccccc23)NC(=O)CCCCCCC(C)C)C(O)C(N)=O)C(C)OC(=O)C(C(C)C)NC(=O)C(CCC(=O)O)NC(=O)C(CC(N)=O)NC(=O)CNC1=O. The highest BCUT2D eigenvalue weighted by atomic mass is 16.5. The highest BCUT2D eigenvalue weighted by molar-refractivity contribution is 6.02. The van der Waals surface area contributed by atoms with E-state index in [4.69, 9.17) is 20.9 Å². The quantitative estimate of drug-likeness (QED) is 0.0239. The molecule has 0 spiro atoms. The molecular weight excluding hydrogens is 1470 g/mol. The van der Waals surface area contributed by atoms with Gasteiger partial charge in [-0.2, -0.15) is 0 Å². The average molecular weight is 1570 g/mol. The summed E-state index contributed by atoms with van der Waals surface area (Å²) in [4.78, 5) is 274. The number of ether oxygens (including phenoxy) is 2. The van der Waals surface area contributed by atoms with Crippen molar-refractivity contribution in [2.75, 3.05) is 27.2 Å². The van der Waals surface area contributed by atoms with Crippen molar-refractivity contribution in [1.82, 2.24) is 73.7 Å². The number of nitrogens with one attached hydrogen (secondary N) is 13. The Kier molecular flexibility index (Phi) is 37.9. The van der Waals surface area contributed by atoms with E-state index in [1.807, 2.05) is 21.3 Å². The summed E-state index contributed by atoms with van der Waals surface area (Å²) in [6, 6.07) is -15.6. The zero-order valence-corrected chi connectivity index (χ0v) is 62.6. The molecule has 43 heteroatoms. The largest absolute Gasteiger partial charge is 0.481 e. The summed E-state index contributed by atoms with van der Waals surface area (Å²) in [5, 5.41) is 77.0. The van der Waals surface area contributed by atoms with E-state index in [2.05, 4.69) is 61.4 Å². The smallest absolute Gasteiger partial charge is 0.335 e. The highest BCUT2D eigenvalue weighted by Gasteiger charge is 2.43. The second kappa shape index (κ2) is 45.2. The summed E-state index contributed by atoms with van der Waals surface area (Å²) in [6.45, 7) is 7.29. The van der Waals surface area contributed by atoms with Crippen molar-refractivity contribution < 1.29 is 131 Å². The standard InChI is InChI=1S/C68H100N16O27/c1-30(2)16-12-10-11-13-19-44(86)75-40(24-35-27-71-37-18-15-14-17-36(35)37)62(102)77-39(21-23-48(91)92)60(100)82-52(54(95)56(70)96)65(105)81-51-34(7)111-68(109)50(31(3)4)80-59(99)38(20-22-47(89)90)78-63(103)41(25-43(69)85)76-45(87)28-72-64(104)53(55(110-9)67(107)108)83-58(98)33(6)74-61(101)42(26-49(93)94)79-57(97)32(5)73-46(88)29-84(8)66(51)106/h14-15,17-18,27,30-34,38-42,50-55,71,95H,10-13,16,19-26,28-29H2,1-9H3,(H2,69,85)(H2,70,96)(H,72,104)(H,73,88)(H,74,101)(H,75,86)(H,76,87)(H,77,102)(H,78,103)(H,79,97)(H,80,99)(H,81,105)(H,82,100)(H,83,98)(H,89,90)(H,91,92)(H,93,94)(H,107,108). The first-order chi connectivity index (χ1) is 52.0. The molecule has 614 valence electrons. The number of aromatic nitrogens is 1. The number of carbonyl (C=O) groups excluding carboxylic acids is 16. The van der Waals surface area contributed by atoms with Crippen LogP contribution in [0.5, 0.6) is 0 Å². The number of hydrogen-bond donors (Lipinski definition) is 20. The first kappa shape index (κ1) is 93.3. The molecule has 14 atom stereocenters. The lowest BCUT2D eigenvalue weighted by Crippen LogP contribution is -2.64. The van der Waals surface area contributed by atoms with Crippen LogP contribution in [-0.2, 0) is 112 Å². The summed E-state index contributed by atoms with van der Waals surface area (Å²) in [6.07, 6.45) is -7.65. The van der Waals surface area contributed by atoms with Crippen molar-refractivity contribution in [2.45, 2.75) is 217 Å². The Morgan fingerprint density at radius 3 is 1.78 bits per heavy atom. The molecule has 22 N–H and O–H groups in total. The van der Waals surface area contributed by atoms with Crippen LogP contribution in [0, 0.1) is 11.8 Å². The number of carboxylic acids is 4. The number of H-pyrrole nitrogens is 1. The van der Waals surface area contributed by atoms with Crippen LogP contribution in [0.4, 0.5) is 0 Å². The van der Waals surface area contributed by atoms with Crippen molar-refractivity contribution in [3.63, 3.8) is 0 Å². The number of cyclic esters (lactones) is 1. The number of aliphatic carboxylic acids is 4. The van der Waals surface area contributed by atoms with Gasteiger partial charge in [0.25, 0.3) is 0 Å². The Morgan fingerprint density at radius 1 is 0.613 bits per heavy atom. The molecule has 1 aromatic carbocycles. The molecular formula is C68H100N16O27. The maximum atomic E-state index is 14.8. The lowest BCUT2D eigenvalue weighted by Gasteiger charge is -2.32. The van der Waals surface area contributed by atoms with Gasteiger partial charge in [0, 0.05) is 56.9 Å². The number of likely N-dealkylation sites (N-methyl/N-ethyl adjacent to an activating group) is 1. The molecule has 111 heavy (non-hydrogen) atoms. The zero-order chi connectivity index (χ0) is 83.8. The third-order valence-electron chi connectivity index (χ3n) is 17.1. The predicted molar refractivity (Wildman–Crippen MR) is 382 cm³/mol. The fraction of sp³-hybridized carbons (Fsp3) is 0.588. The van der Waals surface area contributed by atoms with Crippen molar-refractivity contribution in [1.29, 1.82) is 0 Å². The lowest BCUT2D eigenvalue weighted by atomic mass is 10.0. The van der Waals surface area contributed by atoms with Gasteiger partial charge in [0.05, 0.1) is 25.9 Å². The predicted octanol–water partition coefficient (Wildman–Crippen LogP) is -6.72. The number of amides is 15. The molecule has 1 aromatic heterocycles. The molecule has 1 aliphatic heterocycles. The Morgan fingerprint density at radius 2 is 1.19 bits per heavy atom. The van der Waals surface area contributed by atoms with Crippen molar-refractivity contribution >= 4 is 129 Å². The molecule has 0 saturated carbocycles. The van der Waals surface area contributed by atoms with E-state index in [0.717, 1.165) is 54.2 Å². The van der Waals surface area contributed by atoms with E-state index in [9.17, 15) is 121 Å². The van der Waals surface area contributed by atoms with Gasteiger partial charge < -0.3 is 120 Å². The fourth-order valence-electron chi connectivity index (χ4n) is 11.0. The van der Waals surface area contributed by atoms with Gasteiger partial charge in [-0.05, 0) is 63.5 Å². The van der Waals surface area contributed by atoms with Crippen molar-refractivity contribution in [3.8, 4) is 0 Å². The minimum atomic E-state index is -2.80. The normalized spacial score (nSPS) is 22.1. The number of carbonyl (C=O) groups is 20. The first-order valence-corrected chi connectivity index (χ1v) is 35.2. The third kappa shape index (κ3) is 31.3. The number of aliphatic hydroxyl groups excluding tert-OH is 1. The summed E-state index contributed by atoms with van der Waals surface area (Å²) in [7, 11) is 1.68. The van der Waals surface area contributed by atoms with Gasteiger partial charge in [-0.25, -0.2) is 9.59 Å². The minimum Gasteiger partial charge on any atom is -0.481 e. The number of aromatic amines is 1. The number of aliphatic hydroxyl groups is 1. The van der Waals surface area contributed by atoms with E-state index < -0.39 is 261 Å². The molecule has 2 aromatic rings. The van der Waals surface area contributed by atoms with Crippen LogP contribution in [-0.4, -0.2) is 266 Å². The first-order valence-electron chi connectivity index (χ1n) is 35.2. The second-order valence-electron chi connectivity index (χ2n) is 27.1. The molecule has 2 heterocycles. The zero-order valence-electron chi connectivity index (χ0n) is 62.6. The number of nitrogens with zero attached hydrogens (tertiary/aromatic N) is 1. The lowest BCUT2D eigenvalue weighted by molar-refractivity contribution is -0.159. The van der Waals surface area contributed by atoms with E-state index in [-0.39, 0.29) is 12.8 Å². The summed E-state index contributed by atoms with van der Waals surface area (Å²) < 4.78 is 10.6. The maximum absolute atomic E-state index is 14.8. The monoisotopic (exact) mass is 1570 g/mol. The van der Waals surface area contributed by atoms with E-state index in [1.165, 1.54) is 13.8 Å². The van der Waals surface area contributed by atoms with Crippen LogP contribution in [0.15, 0.2) is 30.5 Å². The number of para-hydroxylation sites is 1. The number of nitrogens with two attached hydrogens (primary N) is 2. The van der Waals surface area contributed by atoms with Crippen LogP contribution in [0.3, 0.4) is 0 Å². The summed E-state index contributed by atoms with van der Waals surface area (Å²) >= 11 is 0. The van der Waals surface area contributed by atoms with Gasteiger partial charge in [0.1, 0.15) is 72.6 Å². The topological polar surface area (TPSA) is 676 Å². The number of carboxylic acid groups (broad SMARTS) is 4. The molecule has 43 nitrogen and oxygen atoms in total. The number of hydrogen-bond acceptors (Lipinski definition) is 23. The minimum absolute atomic E-state index is 0.0259. The third-order valence-corrected chi connectivity index (χ3v) is 17.1. The molecule has 1 saturated heterocycles. The Balaban J connectivity index is 2.22. The van der Waals surface area contributed by atoms with Crippen LogP contribution < -0.4 is 75.3 Å². The molecule has 0 aliphatic carbocycles. The Labute approximate surface area is 635 Å². The van der Waals surface area contributed by atoms with Gasteiger partial charge in [0.15, 0.2) is 12.2 Å². The van der Waals surface area contributed by atoms with Gasteiger partial charge in [-0.15, -0.1) is 0 Å². The molecule has 1 aliphatic rings. The number of unbranched alkanes of at least 4 members (excludes halogenated alkanes) is 3. The Hall–Kier alpha value is -11.9. The maximum Gasteiger partial charge on any atom is 0.335 e. The van der Waals surface area contributed by atoms with Gasteiger partial charge in [-0.1, -0.05) is 71.6 Å². The molecule has 15 amide bonds. The average Bonchev–Trinajstić information content (AvgIpc) is 1.79. The van der Waals surface area contributed by atoms with Crippen LogP contribution in [0.1, 0.15) is 131 Å². The van der Waals surface area contributed by atoms with Crippen LogP contribution >= 0.6 is 0 Å². The second-order valence-corrected chi connectivity index (χ2v) is 27.1. The highest BCUT2D eigenvalue weighted by Crippen LogP contribution is 2.21. The van der Waals surface area contributed by atoms with Crippen molar-refractivity contribution in [3.05, 3.63) is 36.0 Å². The number of rotatable bonds is 32. The molecule has 0 bridgehead atoms. The number of benzene rings is 1. The number of esters is 1. The van der Waals surface area contributed by atoms with Gasteiger partial charge in [-0.3, -0.25) is 86.3 Å². The molecule has 0 radical (unpaired) electrons. The van der Waals surface area contributed by atoms with Crippen LogP contribution in [0.25, 0.3) is 10.9 Å². The fourth-order valence-corrected chi connectivity index (χ4v) is 11.0. The van der Waals surface area contributed by atoms with Gasteiger partial charge in [0.2, 0.25) is 88.6 Å². The van der Waals surface area contributed by atoms with Crippen LogP contribution in [0.2, 0.25) is 0 Å². The van der Waals surface area contributed by atoms with E-state index >= 15 is 0 Å². The number of primary amides is 2. The summed E-state index contributed by atoms with van der Waals surface area (Å²) in [5.74, 6) is -29.2. The summed E-state index contributed by atoms with van der Waals surface area (Å²) in [5.41, 5.74) is 12.0. The molecule has 1 fully saturated rings. The van der Waals surface area contributed by atoms with Gasteiger partial charge >= 0.3 is 29.8 Å². The number of fused-ring (bicyclic) bond motifs is 1. The van der Waals surface area contributed by atoms with E-state index in [1.54, 1.807) is 30.5 Å². The molecule has 14 unspecified atom stereocenters. The Bertz CT molecular complexity index is 3750. The van der Waals surface area contributed by atoms with Crippen molar-refractivity contribution in [2.24, 2.45) is 23.3 Å². The molecule has 3 rings (SSSR count). The number of methoxy groups -OCH3 is 1.